The second kappa shape index (κ2) is 7.47. The highest BCUT2D eigenvalue weighted by Crippen LogP contribution is 2.59. The van der Waals surface area contributed by atoms with Crippen LogP contribution in [0.15, 0.2) is 72.8 Å². The molecule has 3 atom stereocenters. The van der Waals surface area contributed by atoms with Gasteiger partial charge in [-0.3, -0.25) is 9.59 Å². The van der Waals surface area contributed by atoms with Gasteiger partial charge in [0.25, 0.3) is 0 Å². The molecule has 1 spiro atoms. The highest BCUT2D eigenvalue weighted by atomic mass is 35.5. The van der Waals surface area contributed by atoms with Crippen LogP contribution in [0.5, 0.6) is 0 Å². The molecule has 1 aromatic heterocycles. The number of anilines is 1. The number of carbonyl (C=O) groups is 2. The molecule has 0 radical (unpaired) electrons. The Hall–Kier alpha value is -3.57. The van der Waals surface area contributed by atoms with Gasteiger partial charge in [0.05, 0.1) is 13.0 Å². The average Bonchev–Trinajstić information content (AvgIpc) is 3.31. The molecule has 6 heteroatoms. The van der Waals surface area contributed by atoms with Gasteiger partial charge in [-0.2, -0.15) is 0 Å². The second-order valence-electron chi connectivity index (χ2n) is 9.07. The lowest BCUT2D eigenvalue weighted by atomic mass is 9.59. The molecule has 3 aromatic carbocycles. The first-order chi connectivity index (χ1) is 16.5. The van der Waals surface area contributed by atoms with Gasteiger partial charge in [0.1, 0.15) is 5.41 Å². The van der Waals surface area contributed by atoms with E-state index in [0.29, 0.717) is 17.1 Å². The number of benzene rings is 3. The number of methoxy groups -OCH3 is 1. The predicted octanol–water partition coefficient (Wildman–Crippen LogP) is 5.39. The van der Waals surface area contributed by atoms with Crippen molar-refractivity contribution >= 4 is 40.1 Å². The van der Waals surface area contributed by atoms with E-state index in [1.807, 2.05) is 43.4 Å². The number of nitrogens with one attached hydrogen (secondary N) is 1. The lowest BCUT2D eigenvalue weighted by Crippen LogP contribution is -2.51. The topological polar surface area (TPSA) is 60.3 Å². The van der Waals surface area contributed by atoms with Crippen LogP contribution in [0.25, 0.3) is 10.9 Å². The summed E-state index contributed by atoms with van der Waals surface area (Å²) >= 11 is 6.28. The number of rotatable bonds is 2. The van der Waals surface area contributed by atoms with Crippen LogP contribution in [0.1, 0.15) is 34.7 Å². The fourth-order valence-electron chi connectivity index (χ4n) is 6.24. The van der Waals surface area contributed by atoms with Crippen molar-refractivity contribution in [1.82, 2.24) is 4.57 Å². The van der Waals surface area contributed by atoms with Gasteiger partial charge in [-0.1, -0.05) is 66.2 Å². The monoisotopic (exact) mass is 470 g/mol. The molecule has 0 bridgehead atoms. The quantitative estimate of drug-likeness (QED) is 0.399. The molecule has 2 aliphatic rings. The van der Waals surface area contributed by atoms with Crippen molar-refractivity contribution in [2.45, 2.75) is 17.8 Å². The number of ether oxygens (including phenoxy) is 1. The van der Waals surface area contributed by atoms with E-state index < -0.39 is 17.3 Å². The van der Waals surface area contributed by atoms with Gasteiger partial charge in [-0.05, 0) is 41.3 Å². The maximum absolute atomic E-state index is 14.0. The molecule has 5 nitrogen and oxygen atoms in total. The lowest BCUT2D eigenvalue weighted by molar-refractivity contribution is -0.150. The van der Waals surface area contributed by atoms with Crippen LogP contribution in [0.3, 0.4) is 0 Å². The summed E-state index contributed by atoms with van der Waals surface area (Å²) in [6, 6.07) is 23.8. The Morgan fingerprint density at radius 1 is 1.09 bits per heavy atom. The van der Waals surface area contributed by atoms with Crippen molar-refractivity contribution in [2.75, 3.05) is 12.4 Å². The zero-order valence-electron chi connectivity index (χ0n) is 18.8. The summed E-state index contributed by atoms with van der Waals surface area (Å²) in [6.07, 6.45) is 0.452. The molecule has 0 saturated heterocycles. The summed E-state index contributed by atoms with van der Waals surface area (Å²) in [7, 11) is 3.37. The van der Waals surface area contributed by atoms with Crippen molar-refractivity contribution in [3.63, 3.8) is 0 Å². The maximum Gasteiger partial charge on any atom is 0.310 e. The third kappa shape index (κ3) is 2.62. The minimum atomic E-state index is -1.22. The Kier molecular flexibility index (Phi) is 4.61. The van der Waals surface area contributed by atoms with Gasteiger partial charge in [0, 0.05) is 40.3 Å². The smallest absolute Gasteiger partial charge is 0.310 e. The van der Waals surface area contributed by atoms with E-state index in [-0.39, 0.29) is 11.8 Å². The number of para-hydroxylation sites is 1. The maximum atomic E-state index is 14.0. The number of nitrogens with zero attached hydrogens (tertiary/aromatic N) is 1. The lowest BCUT2D eigenvalue weighted by Gasteiger charge is -2.42. The molecule has 4 aromatic rings. The van der Waals surface area contributed by atoms with Crippen LogP contribution >= 0.6 is 11.6 Å². The van der Waals surface area contributed by atoms with Crippen LogP contribution in [0.4, 0.5) is 5.69 Å². The molecular formula is C28H23ClN2O3. The van der Waals surface area contributed by atoms with Gasteiger partial charge < -0.3 is 14.6 Å². The molecule has 2 heterocycles. The Morgan fingerprint density at radius 3 is 2.59 bits per heavy atom. The highest BCUT2D eigenvalue weighted by Gasteiger charge is 2.62. The molecule has 1 amide bonds. The summed E-state index contributed by atoms with van der Waals surface area (Å²) < 4.78 is 7.40. The van der Waals surface area contributed by atoms with Crippen LogP contribution < -0.4 is 5.32 Å². The van der Waals surface area contributed by atoms with Crippen molar-refractivity contribution in [3.05, 3.63) is 100 Å². The molecule has 3 unspecified atom stereocenters. The third-order valence-corrected chi connectivity index (χ3v) is 7.80. The van der Waals surface area contributed by atoms with Crippen LogP contribution in [0.2, 0.25) is 5.02 Å². The highest BCUT2D eigenvalue weighted by molar-refractivity contribution is 6.31. The Balaban J connectivity index is 1.77. The van der Waals surface area contributed by atoms with Crippen molar-refractivity contribution < 1.29 is 14.3 Å². The van der Waals surface area contributed by atoms with Crippen molar-refractivity contribution in [1.29, 1.82) is 0 Å². The van der Waals surface area contributed by atoms with Gasteiger partial charge in [0.2, 0.25) is 5.91 Å². The molecular weight excluding hydrogens is 448 g/mol. The number of aromatic nitrogens is 1. The van der Waals surface area contributed by atoms with Gasteiger partial charge in [-0.15, -0.1) is 0 Å². The first kappa shape index (κ1) is 21.0. The van der Waals surface area contributed by atoms with Crippen molar-refractivity contribution in [3.8, 4) is 0 Å². The summed E-state index contributed by atoms with van der Waals surface area (Å²) in [5.41, 5.74) is 4.23. The van der Waals surface area contributed by atoms with E-state index in [0.717, 1.165) is 33.3 Å². The number of halogens is 1. The second-order valence-corrected chi connectivity index (χ2v) is 9.50. The molecule has 0 saturated carbocycles. The van der Waals surface area contributed by atoms with Crippen LogP contribution in [-0.4, -0.2) is 23.6 Å². The normalized spacial score (nSPS) is 23.0. The fourth-order valence-corrected chi connectivity index (χ4v) is 6.41. The van der Waals surface area contributed by atoms with E-state index in [1.165, 1.54) is 7.11 Å². The predicted molar refractivity (Wildman–Crippen MR) is 132 cm³/mol. The third-order valence-electron chi connectivity index (χ3n) is 7.56. The average molecular weight is 471 g/mol. The number of aryl methyl sites for hydroxylation is 1. The zero-order chi connectivity index (χ0) is 23.6. The number of carbonyl (C=O) groups excluding carboxylic acids is 2. The van der Waals surface area contributed by atoms with Gasteiger partial charge >= 0.3 is 5.97 Å². The number of amides is 1. The first-order valence-corrected chi connectivity index (χ1v) is 11.7. The molecule has 1 N–H and O–H groups in total. The van der Waals surface area contributed by atoms with E-state index in [9.17, 15) is 9.59 Å². The first-order valence-electron chi connectivity index (χ1n) is 11.3. The van der Waals surface area contributed by atoms with E-state index in [1.54, 1.807) is 12.1 Å². The minimum Gasteiger partial charge on any atom is -0.469 e. The Morgan fingerprint density at radius 2 is 1.82 bits per heavy atom. The Bertz CT molecular complexity index is 1480. The fraction of sp³-hybridized carbons (Fsp3) is 0.214. The largest absolute Gasteiger partial charge is 0.469 e. The number of hydrogen-bond acceptors (Lipinski definition) is 3. The molecule has 0 fully saturated rings. The summed E-state index contributed by atoms with van der Waals surface area (Å²) in [6.45, 7) is 0. The number of fused-ring (bicyclic) bond motifs is 6. The molecule has 1 aliphatic carbocycles. The molecule has 1 aliphatic heterocycles. The van der Waals surface area contributed by atoms with Crippen molar-refractivity contribution in [2.24, 2.45) is 13.0 Å². The van der Waals surface area contributed by atoms with E-state index in [2.05, 4.69) is 34.1 Å². The molecule has 34 heavy (non-hydrogen) atoms. The SMILES string of the molecule is COC(=O)C1CC(c2ccccc2)c2c(n(C)c3ccccc23)C12C(=O)Nc1cc(Cl)ccc12. The van der Waals surface area contributed by atoms with Crippen LogP contribution in [-0.2, 0) is 26.8 Å². The summed E-state index contributed by atoms with van der Waals surface area (Å²) in [4.78, 5) is 27.4. The van der Waals surface area contributed by atoms with Crippen LogP contribution in [0, 0.1) is 5.92 Å². The zero-order valence-corrected chi connectivity index (χ0v) is 19.6. The number of hydrogen-bond donors (Lipinski definition) is 1. The minimum absolute atomic E-state index is 0.0684. The Labute approximate surface area is 202 Å². The molecule has 6 rings (SSSR count). The van der Waals surface area contributed by atoms with E-state index >= 15 is 0 Å². The summed E-state index contributed by atoms with van der Waals surface area (Å²) in [5, 5.41) is 4.65. The standard InChI is InChI=1S/C28H23ClN2O3/c1-31-23-11-7-6-10-18(23)24-19(16-8-4-3-5-9-16)15-21(26(32)34-2)28(25(24)31)20-13-12-17(29)14-22(20)30-27(28)33/h3-14,19,21H,15H2,1-2H3,(H,30,33). The number of esters is 1. The van der Waals surface area contributed by atoms with Gasteiger partial charge in [-0.25, -0.2) is 0 Å². The molecule has 170 valence electrons. The van der Waals surface area contributed by atoms with Gasteiger partial charge in [0.15, 0.2) is 0 Å². The summed E-state index contributed by atoms with van der Waals surface area (Å²) in [5.74, 6) is -1.39. The van der Waals surface area contributed by atoms with E-state index in [4.69, 9.17) is 16.3 Å².